The number of nitrogens with one attached hydrogen (secondary N) is 2. The van der Waals surface area contributed by atoms with Gasteiger partial charge in [-0.25, -0.2) is 19.9 Å². The van der Waals surface area contributed by atoms with Crippen molar-refractivity contribution >= 4 is 116 Å². The van der Waals surface area contributed by atoms with E-state index in [4.69, 9.17) is 45.1 Å². The average Bonchev–Trinajstić information content (AvgIpc) is 3.35. The van der Waals surface area contributed by atoms with Crippen LogP contribution in [0.1, 0.15) is 12.5 Å². The Kier molecular flexibility index (Phi) is 15.8. The van der Waals surface area contributed by atoms with Crippen molar-refractivity contribution < 1.29 is 9.90 Å². The molecule has 4 aromatic rings. The van der Waals surface area contributed by atoms with Crippen molar-refractivity contribution in [2.24, 2.45) is 15.0 Å². The molecule has 12 nitrogen and oxygen atoms in total. The highest BCUT2D eigenvalue weighted by Gasteiger charge is 2.11. The molecule has 70 heavy (non-hydrogen) atoms. The summed E-state index contributed by atoms with van der Waals surface area (Å²) in [5.41, 5.74) is 21.4. The largest absolute Gasteiger partial charge is 0.505 e. The topological polar surface area (TPSA) is 201 Å². The number of aromatic nitrogens is 3. The Balaban J connectivity index is 0.000000126. The summed E-state index contributed by atoms with van der Waals surface area (Å²) in [7, 11) is 3.75. The molecule has 0 bridgehead atoms. The van der Waals surface area contributed by atoms with Crippen LogP contribution in [0, 0.1) is 5.41 Å². The number of nitrogen functional groups attached to an aromatic ring is 2. The van der Waals surface area contributed by atoms with Crippen LogP contribution >= 0.6 is 57.2 Å². The number of aromatic hydroxyl groups is 1. The van der Waals surface area contributed by atoms with Crippen molar-refractivity contribution in [3.63, 3.8) is 0 Å². The lowest BCUT2D eigenvalue weighted by Crippen LogP contribution is -2.05. The van der Waals surface area contributed by atoms with Crippen molar-refractivity contribution in [1.82, 2.24) is 20.3 Å². The maximum Gasteiger partial charge on any atom is 0.178 e. The molecular weight excluding hydrogens is 976 g/mol. The molecule has 3 heterocycles. The predicted molar refractivity (Wildman–Crippen MR) is 292 cm³/mol. The van der Waals surface area contributed by atoms with Crippen LogP contribution in [0.2, 0.25) is 10.0 Å². The second kappa shape index (κ2) is 22.5. The smallest absolute Gasteiger partial charge is 0.178 e. The summed E-state index contributed by atoms with van der Waals surface area (Å²) < 4.78 is 3.38. The first-order valence-electron chi connectivity index (χ1n) is 21.7. The molecule has 0 unspecified atom stereocenters. The monoisotopic (exact) mass is 1020 g/mol. The number of aliphatic imine (C=N–C) groups is 1. The van der Waals surface area contributed by atoms with E-state index in [-0.39, 0.29) is 21.6 Å². The third-order valence-corrected chi connectivity index (χ3v) is 14.2. The van der Waals surface area contributed by atoms with E-state index in [2.05, 4.69) is 73.6 Å². The Bertz CT molecular complexity index is 3730. The van der Waals surface area contributed by atoms with Gasteiger partial charge in [0.05, 0.1) is 99.9 Å². The van der Waals surface area contributed by atoms with Crippen molar-refractivity contribution in [2.45, 2.75) is 13.5 Å². The number of phenolic OH excluding ortho intramolecular Hbond substituents is 1. The minimum absolute atomic E-state index is 0.0780. The Labute approximate surface area is 424 Å². The number of anilines is 2. The molecule has 7 N–H and O–H groups in total. The Morgan fingerprint density at radius 2 is 1.14 bits per heavy atom. The van der Waals surface area contributed by atoms with Crippen LogP contribution in [-0.4, -0.2) is 52.2 Å². The van der Waals surface area contributed by atoms with Crippen molar-refractivity contribution in [1.29, 1.82) is 5.41 Å². The van der Waals surface area contributed by atoms with Crippen LogP contribution in [0.3, 0.4) is 0 Å². The highest BCUT2D eigenvalue weighted by Crippen LogP contribution is 2.36. The molecule has 4 aromatic carbocycles. The minimum atomic E-state index is -0.165. The lowest BCUT2D eigenvalue weighted by Gasteiger charge is -2.07. The van der Waals surface area contributed by atoms with Gasteiger partial charge in [0, 0.05) is 31.5 Å². The summed E-state index contributed by atoms with van der Waals surface area (Å²) in [6, 6.07) is 38.6. The number of nitrogens with two attached hydrogens (primary N) is 2. The van der Waals surface area contributed by atoms with E-state index in [9.17, 15) is 9.90 Å². The van der Waals surface area contributed by atoms with E-state index in [1.165, 1.54) is 39.4 Å². The maximum atomic E-state index is 10.9. The molecule has 0 amide bonds. The maximum absolute atomic E-state index is 10.9. The summed E-state index contributed by atoms with van der Waals surface area (Å²) in [4.78, 5) is 41.0. The number of phenols is 1. The first-order chi connectivity index (χ1) is 33.8. The Morgan fingerprint density at radius 1 is 0.643 bits per heavy atom. The second-order valence-electron chi connectivity index (χ2n) is 15.5. The number of rotatable bonds is 4. The molecule has 4 aliphatic carbocycles. The van der Waals surface area contributed by atoms with E-state index < -0.39 is 0 Å². The summed E-state index contributed by atoms with van der Waals surface area (Å²) in [5, 5.41) is 22.9. The van der Waals surface area contributed by atoms with Crippen LogP contribution in [0.15, 0.2) is 161 Å². The Hall–Kier alpha value is -7.24. The molecule has 7 aliphatic rings. The van der Waals surface area contributed by atoms with Gasteiger partial charge in [-0.3, -0.25) is 14.8 Å². The van der Waals surface area contributed by atoms with Gasteiger partial charge in [0.1, 0.15) is 0 Å². The summed E-state index contributed by atoms with van der Waals surface area (Å²) in [5.74, 6) is -0.243. The number of allylic oxidation sites excluding steroid dienone is 4. The number of hydrogen-bond acceptors (Lipinski definition) is 15. The highest BCUT2D eigenvalue weighted by atomic mass is 35.5. The van der Waals surface area contributed by atoms with Gasteiger partial charge in [-0.1, -0.05) is 29.3 Å². The van der Waals surface area contributed by atoms with Gasteiger partial charge in [-0.2, -0.15) is 0 Å². The average molecular weight is 1020 g/mol. The number of benzene rings is 7. The molecule has 11 rings (SSSR count). The van der Waals surface area contributed by atoms with Crippen LogP contribution in [0.5, 0.6) is 5.75 Å². The Morgan fingerprint density at radius 3 is 1.69 bits per heavy atom. The quantitative estimate of drug-likeness (QED) is 0.0651. The summed E-state index contributed by atoms with van der Waals surface area (Å²) in [6.07, 6.45) is 6.03. The second-order valence-corrected chi connectivity index (χ2v) is 19.5. The molecule has 0 atom stereocenters. The number of halogens is 2. The number of ketones is 1. The lowest BCUT2D eigenvalue weighted by atomic mass is 10.1. The van der Waals surface area contributed by atoms with Gasteiger partial charge >= 0.3 is 0 Å². The van der Waals surface area contributed by atoms with Crippen LogP contribution in [0.4, 0.5) is 17.1 Å². The molecule has 0 aromatic heterocycles. The van der Waals surface area contributed by atoms with Crippen LogP contribution < -0.4 is 32.9 Å². The van der Waals surface area contributed by atoms with E-state index in [1.807, 2.05) is 73.8 Å². The molecule has 0 radical (unpaired) electrons. The molecule has 0 spiro atoms. The van der Waals surface area contributed by atoms with Crippen molar-refractivity contribution in [2.75, 3.05) is 32.1 Å². The molecule has 0 saturated carbocycles. The number of hydrogen-bond donors (Lipinski definition) is 5. The van der Waals surface area contributed by atoms with E-state index in [1.54, 1.807) is 59.3 Å². The fraction of sp³-hybridized carbons (Fsp3) is 0.0943. The van der Waals surface area contributed by atoms with Gasteiger partial charge in [-0.15, -0.1) is 34.0 Å². The first-order valence-corrected chi connectivity index (χ1v) is 24.9. The van der Waals surface area contributed by atoms with E-state index in [0.29, 0.717) is 16.8 Å². The third kappa shape index (κ3) is 12.3. The fourth-order valence-corrected chi connectivity index (χ4v) is 10.6. The van der Waals surface area contributed by atoms with Crippen LogP contribution in [-0.2, 0) is 11.3 Å². The minimum Gasteiger partial charge on any atom is -0.505 e. The SMILES string of the molecule is CCN=c1ccc2nc3ccc(CNC)cc3sc-2c1.CN=c1ccc2nc3ccc(N)cc3sc-2c1.N=c1ccc2nc3ccc(N)cc3sc-2c1.O=C1C=CC(=Nc2cc(Cl)c(O)c(Cl)c2)C=C1. The zero-order chi connectivity index (χ0) is 49.3. The predicted octanol–water partition coefficient (Wildman–Crippen LogP) is 11.5. The normalized spacial score (nSPS) is 12.5. The van der Waals surface area contributed by atoms with E-state index >= 15 is 0 Å². The molecule has 0 saturated heterocycles. The summed E-state index contributed by atoms with van der Waals surface area (Å²) >= 11 is 16.6. The van der Waals surface area contributed by atoms with Gasteiger partial charge in [0.15, 0.2) is 11.5 Å². The van der Waals surface area contributed by atoms with Crippen molar-refractivity contribution in [3.05, 3.63) is 177 Å². The van der Waals surface area contributed by atoms with E-state index in [0.717, 1.165) is 88.0 Å². The van der Waals surface area contributed by atoms with Crippen molar-refractivity contribution in [3.8, 4) is 37.5 Å². The highest BCUT2D eigenvalue weighted by molar-refractivity contribution is 7.22. The molecule has 0 fully saturated rings. The molecule has 3 aliphatic heterocycles. The van der Waals surface area contributed by atoms with Gasteiger partial charge in [-0.05, 0) is 159 Å². The lowest BCUT2D eigenvalue weighted by molar-refractivity contribution is -0.110. The number of fused-ring (bicyclic) bond motifs is 6. The number of nitrogens with zero attached hydrogens (tertiary/aromatic N) is 6. The molecule has 17 heteroatoms. The molecule has 350 valence electrons. The number of carbonyl (C=O) groups excluding carboxylic acids is 1. The first kappa shape index (κ1) is 49.2. The zero-order valence-corrected chi connectivity index (χ0v) is 41.9. The zero-order valence-electron chi connectivity index (χ0n) is 37.9. The third-order valence-electron chi connectivity index (χ3n) is 10.3. The van der Waals surface area contributed by atoms with Crippen LogP contribution in [0.25, 0.3) is 62.4 Å². The van der Waals surface area contributed by atoms with Gasteiger partial charge < -0.3 is 27.3 Å². The van der Waals surface area contributed by atoms with Gasteiger partial charge in [0.2, 0.25) is 0 Å². The fourth-order valence-electron chi connectivity index (χ4n) is 6.95. The summed E-state index contributed by atoms with van der Waals surface area (Å²) in [6.45, 7) is 3.74. The standard InChI is InChI=1S/C16H17N3S.C13H11N3S.C12H7Cl2NO2.C12H9N3S/c1-3-18-12-5-7-14-16(9-12)20-15-8-11(10-17-2)4-6-13(15)19-14;1-15-9-3-5-11-13(7-9)17-12-6-8(14)2-4-10(12)16-11;13-10-5-8(6-11(14)12(10)17)15-7-1-3-9(16)4-2-7;13-7-1-3-9-11(5-7)16-12-6-8(14)2-4-10(12)15-9/h4-9,17H,3,10H2,1-2H3;2-7H,14H2,1H3;1-6,17H;1-6,13H,14H2. The molecular formula is C53H44Cl2N10O2S3. The van der Waals surface area contributed by atoms with Gasteiger partial charge in [0.25, 0.3) is 0 Å². The number of carbonyl (C=O) groups is 1.